The maximum Gasteiger partial charge on any atom is 0.134 e. The van der Waals surface area contributed by atoms with E-state index in [1.165, 1.54) is 0 Å². The summed E-state index contributed by atoms with van der Waals surface area (Å²) in [7, 11) is 0. The molecule has 2 rings (SSSR count). The predicted molar refractivity (Wildman–Crippen MR) is 70.6 cm³/mol. The molecular formula is C16H17F. The van der Waals surface area contributed by atoms with Gasteiger partial charge < -0.3 is 0 Å². The summed E-state index contributed by atoms with van der Waals surface area (Å²) in [5, 5.41) is 0. The first-order valence-electron chi connectivity index (χ1n) is 6.13. The Morgan fingerprint density at radius 1 is 0.882 bits per heavy atom. The molecule has 1 heteroatoms. The second-order valence-electron chi connectivity index (χ2n) is 4.14. The summed E-state index contributed by atoms with van der Waals surface area (Å²) in [5.74, 6) is -0.0574. The normalized spacial score (nSPS) is 10.5. The number of benzene rings is 2. The highest BCUT2D eigenvalue weighted by Gasteiger charge is 2.11. The van der Waals surface area contributed by atoms with Crippen molar-refractivity contribution in [3.8, 4) is 11.1 Å². The molecule has 0 unspecified atom stereocenters. The van der Waals surface area contributed by atoms with Crippen molar-refractivity contribution in [2.24, 2.45) is 0 Å². The van der Waals surface area contributed by atoms with Crippen molar-refractivity contribution in [3.63, 3.8) is 0 Å². The van der Waals surface area contributed by atoms with Gasteiger partial charge in [-0.1, -0.05) is 56.3 Å². The molecule has 0 saturated carbocycles. The van der Waals surface area contributed by atoms with E-state index in [2.05, 4.69) is 6.92 Å². The summed E-state index contributed by atoms with van der Waals surface area (Å²) in [6.45, 7) is 4.07. The van der Waals surface area contributed by atoms with E-state index >= 15 is 0 Å². The lowest BCUT2D eigenvalue weighted by Crippen LogP contribution is -1.98. The number of rotatable bonds is 3. The van der Waals surface area contributed by atoms with Crippen LogP contribution in [0.5, 0.6) is 0 Å². The Labute approximate surface area is 102 Å². The monoisotopic (exact) mass is 228 g/mol. The van der Waals surface area contributed by atoms with Gasteiger partial charge in [0.1, 0.15) is 5.82 Å². The Kier molecular flexibility index (Phi) is 3.58. The van der Waals surface area contributed by atoms with Crippen molar-refractivity contribution in [2.45, 2.75) is 26.7 Å². The van der Waals surface area contributed by atoms with E-state index in [0.717, 1.165) is 29.5 Å². The van der Waals surface area contributed by atoms with Crippen LogP contribution in [0.3, 0.4) is 0 Å². The van der Waals surface area contributed by atoms with Crippen molar-refractivity contribution in [2.75, 3.05) is 0 Å². The molecule has 0 aliphatic rings. The number of aryl methyl sites for hydroxylation is 1. The Morgan fingerprint density at radius 2 is 1.59 bits per heavy atom. The van der Waals surface area contributed by atoms with Gasteiger partial charge in [-0.2, -0.15) is 0 Å². The zero-order chi connectivity index (χ0) is 12.3. The number of hydrogen-bond donors (Lipinski definition) is 0. The van der Waals surface area contributed by atoms with Crippen molar-refractivity contribution < 1.29 is 4.39 Å². The molecule has 2 aromatic carbocycles. The fourth-order valence-corrected chi connectivity index (χ4v) is 2.22. The summed E-state index contributed by atoms with van der Waals surface area (Å²) in [4.78, 5) is 0. The van der Waals surface area contributed by atoms with E-state index in [0.29, 0.717) is 5.56 Å². The molecule has 0 N–H and O–H groups in total. The van der Waals surface area contributed by atoms with Gasteiger partial charge in [0.15, 0.2) is 0 Å². The molecule has 2 aromatic rings. The fraction of sp³-hybridized carbons (Fsp3) is 0.250. The summed E-state index contributed by atoms with van der Waals surface area (Å²) in [6, 6.07) is 13.7. The van der Waals surface area contributed by atoms with E-state index in [-0.39, 0.29) is 5.82 Å². The molecule has 0 aliphatic heterocycles. The van der Waals surface area contributed by atoms with Crippen LogP contribution in [0.1, 0.15) is 25.0 Å². The average Bonchev–Trinajstić information content (AvgIpc) is 2.39. The fourth-order valence-electron chi connectivity index (χ4n) is 2.22. The van der Waals surface area contributed by atoms with E-state index < -0.39 is 0 Å². The van der Waals surface area contributed by atoms with Crippen LogP contribution in [-0.4, -0.2) is 0 Å². The van der Waals surface area contributed by atoms with E-state index in [9.17, 15) is 4.39 Å². The molecule has 0 aliphatic carbocycles. The van der Waals surface area contributed by atoms with Gasteiger partial charge in [-0.05, 0) is 29.5 Å². The first-order chi connectivity index (χ1) is 8.27. The van der Waals surface area contributed by atoms with Crippen LogP contribution in [0.4, 0.5) is 4.39 Å². The minimum atomic E-state index is -0.0574. The van der Waals surface area contributed by atoms with E-state index in [4.69, 9.17) is 0 Å². The maximum atomic E-state index is 14.4. The molecule has 0 nitrogen and oxygen atoms in total. The molecular weight excluding hydrogens is 211 g/mol. The summed E-state index contributed by atoms with van der Waals surface area (Å²) in [6.07, 6.45) is 1.63. The lowest BCUT2D eigenvalue weighted by Gasteiger charge is -2.11. The van der Waals surface area contributed by atoms with Crippen LogP contribution >= 0.6 is 0 Å². The van der Waals surface area contributed by atoms with Crippen LogP contribution in [0.25, 0.3) is 11.1 Å². The van der Waals surface area contributed by atoms with Crippen LogP contribution in [0, 0.1) is 5.82 Å². The zero-order valence-electron chi connectivity index (χ0n) is 10.3. The van der Waals surface area contributed by atoms with Gasteiger partial charge in [0.2, 0.25) is 0 Å². The minimum absolute atomic E-state index is 0.0574. The average molecular weight is 228 g/mol. The number of halogens is 1. The molecule has 0 aromatic heterocycles. The summed E-state index contributed by atoms with van der Waals surface area (Å²) >= 11 is 0. The summed E-state index contributed by atoms with van der Waals surface area (Å²) in [5.41, 5.74) is 3.63. The lowest BCUT2D eigenvalue weighted by molar-refractivity contribution is 0.612. The first-order valence-corrected chi connectivity index (χ1v) is 6.13. The molecule has 17 heavy (non-hydrogen) atoms. The molecule has 0 amide bonds. The van der Waals surface area contributed by atoms with Crippen molar-refractivity contribution in [1.29, 1.82) is 0 Å². The standard InChI is InChI=1S/C16H17F/c1-3-12-10-11-15(16(17)14(12)4-2)13-8-6-5-7-9-13/h5-11H,3-4H2,1-2H3. The predicted octanol–water partition coefficient (Wildman–Crippen LogP) is 4.62. The first kappa shape index (κ1) is 11.8. The molecule has 0 spiro atoms. The largest absolute Gasteiger partial charge is 0.206 e. The quantitative estimate of drug-likeness (QED) is 0.719. The molecule has 88 valence electrons. The Balaban J connectivity index is 2.57. The summed E-state index contributed by atoms with van der Waals surface area (Å²) < 4.78 is 14.4. The maximum absolute atomic E-state index is 14.4. The van der Waals surface area contributed by atoms with Gasteiger partial charge in [-0.3, -0.25) is 0 Å². The smallest absolute Gasteiger partial charge is 0.134 e. The van der Waals surface area contributed by atoms with Crippen LogP contribution < -0.4 is 0 Å². The molecule has 0 atom stereocenters. The van der Waals surface area contributed by atoms with Gasteiger partial charge in [0.25, 0.3) is 0 Å². The second-order valence-corrected chi connectivity index (χ2v) is 4.14. The minimum Gasteiger partial charge on any atom is -0.206 e. The van der Waals surface area contributed by atoms with E-state index in [1.807, 2.05) is 49.4 Å². The van der Waals surface area contributed by atoms with Crippen LogP contribution in [0.2, 0.25) is 0 Å². The molecule has 0 radical (unpaired) electrons. The molecule has 0 saturated heterocycles. The Hall–Kier alpha value is -1.63. The van der Waals surface area contributed by atoms with Crippen molar-refractivity contribution in [3.05, 3.63) is 59.4 Å². The second kappa shape index (κ2) is 5.13. The number of hydrogen-bond acceptors (Lipinski definition) is 0. The Morgan fingerprint density at radius 3 is 2.18 bits per heavy atom. The highest BCUT2D eigenvalue weighted by Crippen LogP contribution is 2.27. The highest BCUT2D eigenvalue weighted by atomic mass is 19.1. The third kappa shape index (κ3) is 2.23. The third-order valence-corrected chi connectivity index (χ3v) is 3.16. The van der Waals surface area contributed by atoms with Gasteiger partial charge in [0.05, 0.1) is 0 Å². The zero-order valence-corrected chi connectivity index (χ0v) is 10.3. The van der Waals surface area contributed by atoms with Crippen LogP contribution in [-0.2, 0) is 12.8 Å². The highest BCUT2D eigenvalue weighted by molar-refractivity contribution is 5.65. The molecule has 0 bridgehead atoms. The third-order valence-electron chi connectivity index (χ3n) is 3.16. The molecule has 0 fully saturated rings. The van der Waals surface area contributed by atoms with Crippen LogP contribution in [0.15, 0.2) is 42.5 Å². The van der Waals surface area contributed by atoms with Crippen molar-refractivity contribution in [1.82, 2.24) is 0 Å². The van der Waals surface area contributed by atoms with Gasteiger partial charge in [-0.15, -0.1) is 0 Å². The van der Waals surface area contributed by atoms with Crippen molar-refractivity contribution >= 4 is 0 Å². The lowest BCUT2D eigenvalue weighted by atomic mass is 9.95. The van der Waals surface area contributed by atoms with Gasteiger partial charge in [0, 0.05) is 5.56 Å². The topological polar surface area (TPSA) is 0 Å². The SMILES string of the molecule is CCc1ccc(-c2ccccc2)c(F)c1CC. The van der Waals surface area contributed by atoms with E-state index in [1.54, 1.807) is 0 Å². The Bertz CT molecular complexity index is 500. The van der Waals surface area contributed by atoms with Gasteiger partial charge >= 0.3 is 0 Å². The van der Waals surface area contributed by atoms with Gasteiger partial charge in [-0.25, -0.2) is 4.39 Å². The molecule has 0 heterocycles.